The number of hydrogen-bond acceptors (Lipinski definition) is 5. The first-order chi connectivity index (χ1) is 15.8. The largest absolute Gasteiger partial charge is 0.378 e. The first-order valence-corrected chi connectivity index (χ1v) is 12.4. The topological polar surface area (TPSA) is 67.3 Å². The maximum atomic E-state index is 12.7. The van der Waals surface area contributed by atoms with Crippen LogP contribution in [0.2, 0.25) is 0 Å². The van der Waals surface area contributed by atoms with Crippen LogP contribution in [0.4, 0.5) is 5.82 Å². The van der Waals surface area contributed by atoms with E-state index in [0.717, 1.165) is 88.4 Å². The van der Waals surface area contributed by atoms with Gasteiger partial charge < -0.3 is 15.0 Å². The van der Waals surface area contributed by atoms with Crippen LogP contribution in [-0.4, -0.2) is 48.2 Å². The lowest BCUT2D eigenvalue weighted by atomic mass is 9.95. The van der Waals surface area contributed by atoms with Crippen molar-refractivity contribution in [3.63, 3.8) is 0 Å². The molecule has 2 fully saturated rings. The molecule has 3 aliphatic rings. The van der Waals surface area contributed by atoms with Crippen molar-refractivity contribution < 1.29 is 9.53 Å². The molecule has 1 N–H and O–H groups in total. The summed E-state index contributed by atoms with van der Waals surface area (Å²) in [7, 11) is 0. The molecule has 6 heteroatoms. The van der Waals surface area contributed by atoms with Gasteiger partial charge in [-0.2, -0.15) is 0 Å². The third-order valence-corrected chi connectivity index (χ3v) is 7.15. The number of amides is 1. The number of aryl methyl sites for hydroxylation is 1. The molecule has 1 aromatic heterocycles. The van der Waals surface area contributed by atoms with E-state index >= 15 is 0 Å². The molecule has 1 aliphatic carbocycles. The van der Waals surface area contributed by atoms with E-state index in [4.69, 9.17) is 14.7 Å². The fourth-order valence-electron chi connectivity index (χ4n) is 5.28. The number of rotatable bonds is 6. The molecule has 1 atom stereocenters. The van der Waals surface area contributed by atoms with Gasteiger partial charge in [0.2, 0.25) is 5.91 Å². The van der Waals surface area contributed by atoms with Gasteiger partial charge in [0.05, 0.1) is 6.10 Å². The van der Waals surface area contributed by atoms with Gasteiger partial charge in [0.25, 0.3) is 0 Å². The Kier molecular flexibility index (Phi) is 6.67. The number of aromatic nitrogens is 2. The van der Waals surface area contributed by atoms with Crippen molar-refractivity contribution in [2.45, 2.75) is 63.9 Å². The average molecular weight is 435 g/mol. The number of ether oxygens (including phenoxy) is 1. The number of piperidine rings is 1. The molecule has 1 aromatic carbocycles. The Labute approximate surface area is 190 Å². The van der Waals surface area contributed by atoms with E-state index in [2.05, 4.69) is 22.3 Å². The minimum Gasteiger partial charge on any atom is -0.378 e. The van der Waals surface area contributed by atoms with Gasteiger partial charge >= 0.3 is 0 Å². The second-order valence-electron chi connectivity index (χ2n) is 9.35. The van der Waals surface area contributed by atoms with E-state index in [9.17, 15) is 4.79 Å². The van der Waals surface area contributed by atoms with E-state index in [-0.39, 0.29) is 11.8 Å². The highest BCUT2D eigenvalue weighted by atomic mass is 16.5. The van der Waals surface area contributed by atoms with Crippen LogP contribution in [0, 0.1) is 5.92 Å². The number of anilines is 1. The minimum atomic E-state index is 0.0991. The maximum absolute atomic E-state index is 12.7. The Morgan fingerprint density at radius 1 is 1.03 bits per heavy atom. The predicted octanol–water partition coefficient (Wildman–Crippen LogP) is 3.92. The number of nitrogens with one attached hydrogen (secondary N) is 1. The van der Waals surface area contributed by atoms with Crippen LogP contribution in [0.3, 0.4) is 0 Å². The van der Waals surface area contributed by atoms with Crippen molar-refractivity contribution in [1.82, 2.24) is 15.3 Å². The standard InChI is InChI=1S/C26H34N4O2/c31-26(27-15-12-21-9-4-5-18-32-21)20-13-16-30(17-14-20)25-22-10-6-11-23(22)28-24(29-25)19-7-2-1-3-8-19/h1-3,7-8,20-21H,4-6,9-18H2,(H,27,31)/t21-/m1/s1. The third kappa shape index (κ3) is 4.80. The van der Waals surface area contributed by atoms with Gasteiger partial charge in [-0.3, -0.25) is 4.79 Å². The van der Waals surface area contributed by atoms with Crippen LogP contribution in [-0.2, 0) is 22.4 Å². The fraction of sp³-hybridized carbons (Fsp3) is 0.577. The Bertz CT molecular complexity index is 919. The smallest absolute Gasteiger partial charge is 0.223 e. The zero-order valence-corrected chi connectivity index (χ0v) is 18.9. The van der Waals surface area contributed by atoms with E-state index in [1.54, 1.807) is 0 Å². The van der Waals surface area contributed by atoms with E-state index in [1.807, 2.05) is 18.2 Å². The monoisotopic (exact) mass is 434 g/mol. The van der Waals surface area contributed by atoms with Crippen LogP contribution in [0.1, 0.15) is 56.2 Å². The van der Waals surface area contributed by atoms with E-state index in [0.29, 0.717) is 6.10 Å². The third-order valence-electron chi connectivity index (χ3n) is 7.15. The number of benzene rings is 1. The zero-order chi connectivity index (χ0) is 21.8. The molecule has 2 aliphatic heterocycles. The summed E-state index contributed by atoms with van der Waals surface area (Å²) in [5.41, 5.74) is 3.60. The van der Waals surface area contributed by atoms with Gasteiger partial charge in [0.15, 0.2) is 5.82 Å². The summed E-state index contributed by atoms with van der Waals surface area (Å²) in [6, 6.07) is 10.3. The molecular weight excluding hydrogens is 400 g/mol. The summed E-state index contributed by atoms with van der Waals surface area (Å²) < 4.78 is 5.78. The lowest BCUT2D eigenvalue weighted by Crippen LogP contribution is -2.42. The van der Waals surface area contributed by atoms with Crippen molar-refractivity contribution in [3.05, 3.63) is 41.6 Å². The van der Waals surface area contributed by atoms with Gasteiger partial charge in [0, 0.05) is 49.0 Å². The summed E-state index contributed by atoms with van der Waals surface area (Å²) in [6.07, 6.45) is 9.80. The van der Waals surface area contributed by atoms with Crippen LogP contribution < -0.4 is 10.2 Å². The predicted molar refractivity (Wildman–Crippen MR) is 126 cm³/mol. The van der Waals surface area contributed by atoms with Crippen molar-refractivity contribution in [2.75, 3.05) is 31.1 Å². The molecule has 0 radical (unpaired) electrons. The van der Waals surface area contributed by atoms with Gasteiger partial charge in [-0.1, -0.05) is 30.3 Å². The van der Waals surface area contributed by atoms with Crippen molar-refractivity contribution >= 4 is 11.7 Å². The molecule has 5 rings (SSSR count). The normalized spacial score (nSPS) is 21.4. The summed E-state index contributed by atoms with van der Waals surface area (Å²) in [5, 5.41) is 3.16. The first kappa shape index (κ1) is 21.4. The number of carbonyl (C=O) groups is 1. The summed E-state index contributed by atoms with van der Waals surface area (Å²) in [5.74, 6) is 2.23. The number of fused-ring (bicyclic) bond motifs is 1. The van der Waals surface area contributed by atoms with Crippen LogP contribution in [0.25, 0.3) is 11.4 Å². The van der Waals surface area contributed by atoms with Crippen molar-refractivity contribution in [2.24, 2.45) is 5.92 Å². The van der Waals surface area contributed by atoms with E-state index < -0.39 is 0 Å². The molecule has 3 heterocycles. The first-order valence-electron chi connectivity index (χ1n) is 12.4. The molecule has 0 unspecified atom stereocenters. The molecule has 32 heavy (non-hydrogen) atoms. The van der Waals surface area contributed by atoms with Crippen molar-refractivity contribution in [3.8, 4) is 11.4 Å². The molecule has 6 nitrogen and oxygen atoms in total. The highest BCUT2D eigenvalue weighted by Gasteiger charge is 2.29. The average Bonchev–Trinajstić information content (AvgIpc) is 3.34. The lowest BCUT2D eigenvalue weighted by molar-refractivity contribution is -0.125. The number of carbonyl (C=O) groups excluding carboxylic acids is 1. The Morgan fingerprint density at radius 3 is 2.66 bits per heavy atom. The quantitative estimate of drug-likeness (QED) is 0.746. The molecule has 1 amide bonds. The highest BCUT2D eigenvalue weighted by Crippen LogP contribution is 2.33. The number of hydrogen-bond donors (Lipinski definition) is 1. The van der Waals surface area contributed by atoms with E-state index in [1.165, 1.54) is 24.1 Å². The molecular formula is C26H34N4O2. The minimum absolute atomic E-state index is 0.0991. The zero-order valence-electron chi connectivity index (χ0n) is 18.9. The van der Waals surface area contributed by atoms with Crippen LogP contribution in [0.5, 0.6) is 0 Å². The second-order valence-corrected chi connectivity index (χ2v) is 9.35. The molecule has 2 aromatic rings. The van der Waals surface area contributed by atoms with Gasteiger partial charge in [0.1, 0.15) is 5.82 Å². The Balaban J connectivity index is 1.20. The second kappa shape index (κ2) is 9.99. The van der Waals surface area contributed by atoms with Gasteiger partial charge in [-0.15, -0.1) is 0 Å². The van der Waals surface area contributed by atoms with Gasteiger partial charge in [-0.25, -0.2) is 9.97 Å². The molecule has 2 saturated heterocycles. The summed E-state index contributed by atoms with van der Waals surface area (Å²) >= 11 is 0. The number of nitrogens with zero attached hydrogens (tertiary/aromatic N) is 3. The Hall–Kier alpha value is -2.47. The summed E-state index contributed by atoms with van der Waals surface area (Å²) in [6.45, 7) is 3.35. The Morgan fingerprint density at radius 2 is 1.88 bits per heavy atom. The molecule has 0 bridgehead atoms. The molecule has 170 valence electrons. The molecule has 0 saturated carbocycles. The van der Waals surface area contributed by atoms with Crippen LogP contribution in [0.15, 0.2) is 30.3 Å². The SMILES string of the molecule is O=C(NCC[C@H]1CCCCO1)C1CCN(c2nc(-c3ccccc3)nc3c2CCC3)CC1. The van der Waals surface area contributed by atoms with Crippen LogP contribution >= 0.6 is 0 Å². The highest BCUT2D eigenvalue weighted by molar-refractivity contribution is 5.79. The molecule has 0 spiro atoms. The van der Waals surface area contributed by atoms with Crippen molar-refractivity contribution in [1.29, 1.82) is 0 Å². The van der Waals surface area contributed by atoms with Gasteiger partial charge in [-0.05, 0) is 57.8 Å². The lowest BCUT2D eigenvalue weighted by Gasteiger charge is -2.33. The fourth-order valence-corrected chi connectivity index (χ4v) is 5.28. The summed E-state index contributed by atoms with van der Waals surface area (Å²) in [4.78, 5) is 25.0. The maximum Gasteiger partial charge on any atom is 0.223 e.